The lowest BCUT2D eigenvalue weighted by atomic mass is 10.1. The van der Waals surface area contributed by atoms with Crippen molar-refractivity contribution in [1.82, 2.24) is 0 Å². The summed E-state index contributed by atoms with van der Waals surface area (Å²) in [5.74, 6) is -0.558. The van der Waals surface area contributed by atoms with Crippen LogP contribution in [-0.4, -0.2) is 16.0 Å². The van der Waals surface area contributed by atoms with Gasteiger partial charge in [0.15, 0.2) is 0 Å². The number of carbonyl (C=O) groups is 2. The van der Waals surface area contributed by atoms with Crippen molar-refractivity contribution in [3.8, 4) is 0 Å². The fourth-order valence-corrected chi connectivity index (χ4v) is 4.20. The second-order valence-corrected chi connectivity index (χ2v) is 8.93. The molecule has 4 aromatic rings. The van der Waals surface area contributed by atoms with Crippen molar-refractivity contribution >= 4 is 45.5 Å². The van der Waals surface area contributed by atoms with Crippen LogP contribution >= 0.6 is 0 Å². The highest BCUT2D eigenvalue weighted by molar-refractivity contribution is 7.86. The minimum atomic E-state index is -1.43. The first-order valence-corrected chi connectivity index (χ1v) is 12.0. The number of hydrogen-bond acceptors (Lipinski definition) is 4. The molecule has 0 aliphatic heterocycles. The van der Waals surface area contributed by atoms with Gasteiger partial charge in [-0.1, -0.05) is 42.5 Å². The molecule has 0 saturated heterocycles. The van der Waals surface area contributed by atoms with Gasteiger partial charge in [-0.2, -0.15) is 0 Å². The van der Waals surface area contributed by atoms with Crippen LogP contribution in [0.5, 0.6) is 0 Å². The molecular formula is C27H24N4O3S. The Morgan fingerprint density at radius 1 is 0.714 bits per heavy atom. The first-order chi connectivity index (χ1) is 17.0. The molecule has 2 amide bonds. The van der Waals surface area contributed by atoms with Crippen LogP contribution in [0, 0.1) is 0 Å². The Morgan fingerprint density at radius 2 is 1.40 bits per heavy atom. The van der Waals surface area contributed by atoms with Gasteiger partial charge >= 0.3 is 0 Å². The third-order valence-corrected chi connectivity index (χ3v) is 6.25. The summed E-state index contributed by atoms with van der Waals surface area (Å²) in [6.07, 6.45) is 0.135. The van der Waals surface area contributed by atoms with E-state index < -0.39 is 11.0 Å². The van der Waals surface area contributed by atoms with Crippen LogP contribution in [0.15, 0.2) is 108 Å². The lowest BCUT2D eigenvalue weighted by molar-refractivity contribution is -0.115. The molecule has 0 bridgehead atoms. The Balaban J connectivity index is 1.35. The number of anilines is 4. The maximum absolute atomic E-state index is 12.7. The maximum atomic E-state index is 12.7. The van der Waals surface area contributed by atoms with E-state index in [1.807, 2.05) is 42.5 Å². The van der Waals surface area contributed by atoms with E-state index in [-0.39, 0.29) is 18.2 Å². The fourth-order valence-electron chi connectivity index (χ4n) is 3.35. The molecule has 1 unspecified atom stereocenters. The summed E-state index contributed by atoms with van der Waals surface area (Å²) in [4.78, 5) is 25.7. The van der Waals surface area contributed by atoms with Crippen LogP contribution in [-0.2, 0) is 22.2 Å². The van der Waals surface area contributed by atoms with Crippen LogP contribution < -0.4 is 21.1 Å². The highest BCUT2D eigenvalue weighted by Gasteiger charge is 2.11. The van der Waals surface area contributed by atoms with Gasteiger partial charge in [0.1, 0.15) is 11.0 Å². The van der Waals surface area contributed by atoms with E-state index in [0.29, 0.717) is 27.5 Å². The zero-order chi connectivity index (χ0) is 24.6. The summed E-state index contributed by atoms with van der Waals surface area (Å²) in [5, 5.41) is 5.62. The fraction of sp³-hybridized carbons (Fsp3) is 0.0370. The minimum absolute atomic E-state index is 0.135. The second kappa shape index (κ2) is 11.1. The highest BCUT2D eigenvalue weighted by Crippen LogP contribution is 2.18. The van der Waals surface area contributed by atoms with E-state index in [0.717, 1.165) is 11.3 Å². The van der Waals surface area contributed by atoms with E-state index in [1.54, 1.807) is 60.7 Å². The average Bonchev–Trinajstić information content (AvgIpc) is 2.86. The number of para-hydroxylation sites is 2. The SMILES string of the molecule is Nc1ccccc1CC(=O)Nc1cccc(C(=O)Nc2ccc(S(=O)Nc3ccccc3)cc2)c1. The molecule has 176 valence electrons. The molecular weight excluding hydrogens is 460 g/mol. The molecule has 0 aromatic heterocycles. The Labute approximate surface area is 206 Å². The quantitative estimate of drug-likeness (QED) is 0.268. The molecule has 5 N–H and O–H groups in total. The average molecular weight is 485 g/mol. The molecule has 4 aromatic carbocycles. The molecule has 0 spiro atoms. The number of hydrogen-bond donors (Lipinski definition) is 4. The molecule has 0 saturated carbocycles. The first kappa shape index (κ1) is 23.7. The largest absolute Gasteiger partial charge is 0.398 e. The van der Waals surface area contributed by atoms with Gasteiger partial charge < -0.3 is 21.1 Å². The summed E-state index contributed by atoms with van der Waals surface area (Å²) >= 11 is 0. The van der Waals surface area contributed by atoms with Gasteiger partial charge in [-0.3, -0.25) is 9.59 Å². The lowest BCUT2D eigenvalue weighted by Crippen LogP contribution is -2.16. The molecule has 0 fully saturated rings. The van der Waals surface area contributed by atoms with Gasteiger partial charge in [-0.05, 0) is 66.2 Å². The molecule has 4 rings (SSSR count). The standard InChI is InChI=1S/C27H24N4O3S/c28-25-12-5-4-7-19(25)18-26(32)29-23-11-6-8-20(17-23)27(33)30-21-13-15-24(16-14-21)35(34)31-22-9-2-1-3-10-22/h1-17,31H,18,28H2,(H,29,32)(H,30,33). The third kappa shape index (κ3) is 6.55. The normalized spacial score (nSPS) is 11.3. The van der Waals surface area contributed by atoms with Gasteiger partial charge in [-0.15, -0.1) is 0 Å². The van der Waals surface area contributed by atoms with Crippen LogP contribution in [0.25, 0.3) is 0 Å². The van der Waals surface area contributed by atoms with Crippen LogP contribution in [0.3, 0.4) is 0 Å². The predicted molar refractivity (Wildman–Crippen MR) is 140 cm³/mol. The van der Waals surface area contributed by atoms with Crippen molar-refractivity contribution in [2.75, 3.05) is 21.1 Å². The van der Waals surface area contributed by atoms with E-state index in [9.17, 15) is 13.8 Å². The van der Waals surface area contributed by atoms with Crippen molar-refractivity contribution in [3.63, 3.8) is 0 Å². The molecule has 1 atom stereocenters. The number of carbonyl (C=O) groups excluding carboxylic acids is 2. The van der Waals surface area contributed by atoms with Crippen molar-refractivity contribution < 1.29 is 13.8 Å². The minimum Gasteiger partial charge on any atom is -0.398 e. The zero-order valence-electron chi connectivity index (χ0n) is 18.7. The number of amides is 2. The summed E-state index contributed by atoms with van der Waals surface area (Å²) in [6, 6.07) is 29.9. The number of nitrogen functional groups attached to an aromatic ring is 1. The summed E-state index contributed by atoms with van der Waals surface area (Å²) in [5.41, 5.74) is 9.41. The van der Waals surface area contributed by atoms with Gasteiger partial charge in [0.05, 0.1) is 11.3 Å². The van der Waals surface area contributed by atoms with Gasteiger partial charge in [0.25, 0.3) is 5.91 Å². The van der Waals surface area contributed by atoms with E-state index in [2.05, 4.69) is 15.4 Å². The van der Waals surface area contributed by atoms with Crippen molar-refractivity contribution in [2.24, 2.45) is 0 Å². The summed E-state index contributed by atoms with van der Waals surface area (Å²) < 4.78 is 15.4. The summed E-state index contributed by atoms with van der Waals surface area (Å²) in [6.45, 7) is 0. The van der Waals surface area contributed by atoms with Gasteiger partial charge in [0, 0.05) is 28.3 Å². The van der Waals surface area contributed by atoms with Crippen LogP contribution in [0.2, 0.25) is 0 Å². The number of nitrogens with two attached hydrogens (primary N) is 1. The molecule has 0 radical (unpaired) electrons. The number of nitrogens with one attached hydrogen (secondary N) is 3. The number of benzene rings is 4. The van der Waals surface area contributed by atoms with Crippen molar-refractivity contribution in [3.05, 3.63) is 114 Å². The lowest BCUT2D eigenvalue weighted by Gasteiger charge is -2.10. The molecule has 0 aliphatic carbocycles. The molecule has 7 nitrogen and oxygen atoms in total. The second-order valence-electron chi connectivity index (χ2n) is 7.72. The van der Waals surface area contributed by atoms with Gasteiger partial charge in [0.2, 0.25) is 5.91 Å². The molecule has 8 heteroatoms. The van der Waals surface area contributed by atoms with E-state index in [1.165, 1.54) is 0 Å². The molecule has 0 aliphatic rings. The zero-order valence-corrected chi connectivity index (χ0v) is 19.5. The highest BCUT2D eigenvalue weighted by atomic mass is 32.2. The predicted octanol–water partition coefficient (Wildman–Crippen LogP) is 4.84. The molecule has 35 heavy (non-hydrogen) atoms. The van der Waals surface area contributed by atoms with Crippen LogP contribution in [0.4, 0.5) is 22.7 Å². The Kier molecular flexibility index (Phi) is 7.54. The van der Waals surface area contributed by atoms with Crippen LogP contribution in [0.1, 0.15) is 15.9 Å². The topological polar surface area (TPSA) is 113 Å². The van der Waals surface area contributed by atoms with E-state index >= 15 is 0 Å². The maximum Gasteiger partial charge on any atom is 0.255 e. The van der Waals surface area contributed by atoms with Gasteiger partial charge in [-0.25, -0.2) is 4.21 Å². The first-order valence-electron chi connectivity index (χ1n) is 10.9. The smallest absolute Gasteiger partial charge is 0.255 e. The van der Waals surface area contributed by atoms with E-state index in [4.69, 9.17) is 5.73 Å². The number of rotatable bonds is 8. The van der Waals surface area contributed by atoms with Crippen molar-refractivity contribution in [2.45, 2.75) is 11.3 Å². The summed E-state index contributed by atoms with van der Waals surface area (Å²) in [7, 11) is -1.43. The molecule has 0 heterocycles. The van der Waals surface area contributed by atoms with Crippen molar-refractivity contribution in [1.29, 1.82) is 0 Å². The monoisotopic (exact) mass is 484 g/mol. The third-order valence-electron chi connectivity index (χ3n) is 5.13. The Bertz CT molecular complexity index is 1360. The Hall–Kier alpha value is -4.43. The Morgan fingerprint density at radius 3 is 2.14 bits per heavy atom.